The van der Waals surface area contributed by atoms with Crippen molar-refractivity contribution in [2.75, 3.05) is 10.2 Å². The molecule has 2 atom stereocenters. The number of hydrogen-bond acceptors (Lipinski definition) is 4. The number of fused-ring (bicyclic) bond motifs is 4. The highest BCUT2D eigenvalue weighted by atomic mass is 16.1. The van der Waals surface area contributed by atoms with Crippen LogP contribution in [0.2, 0.25) is 0 Å². The second-order valence-corrected chi connectivity index (χ2v) is 11.8. The van der Waals surface area contributed by atoms with Crippen molar-refractivity contribution < 1.29 is 4.79 Å². The molecule has 0 radical (unpaired) electrons. The number of carbonyl (C=O) groups is 1. The summed E-state index contributed by atoms with van der Waals surface area (Å²) in [4.78, 5) is 20.9. The Bertz CT molecular complexity index is 1600. The summed E-state index contributed by atoms with van der Waals surface area (Å²) in [5.41, 5.74) is 9.17. The van der Waals surface area contributed by atoms with Gasteiger partial charge in [0.1, 0.15) is 0 Å². The molecule has 5 nitrogen and oxygen atoms in total. The Hall–Kier alpha value is -3.86. The van der Waals surface area contributed by atoms with E-state index in [2.05, 4.69) is 102 Å². The smallest absolute Gasteiger partial charge is 0.209 e. The van der Waals surface area contributed by atoms with Gasteiger partial charge in [-0.05, 0) is 73.9 Å². The minimum atomic E-state index is -0.170. The highest BCUT2D eigenvalue weighted by Crippen LogP contribution is 2.48. The standard InChI is InChI=1S/C33H34N4O/c1-21-19-33(2,3)36(20-22-10-5-4-6-11-22)27-17-16-23(18-24(21)27)31-30-26(13-9-15-29(30)38)35-32-34-25-12-7-8-14-28(25)37(31)32/h4-8,10-12,14,16-18,21,31H,9,13,15,19-20H2,1-3H3,(H,34,35)/t21-,31-/m1/s1. The predicted octanol–water partition coefficient (Wildman–Crippen LogP) is 7.35. The molecule has 4 aromatic rings. The van der Waals surface area contributed by atoms with Gasteiger partial charge in [-0.25, -0.2) is 4.98 Å². The number of allylic oxidation sites excluding steroid dienone is 2. The van der Waals surface area contributed by atoms with E-state index in [1.807, 2.05) is 6.07 Å². The zero-order valence-corrected chi connectivity index (χ0v) is 22.4. The van der Waals surface area contributed by atoms with Crippen molar-refractivity contribution in [1.29, 1.82) is 0 Å². The van der Waals surface area contributed by atoms with Crippen LogP contribution in [0.4, 0.5) is 11.6 Å². The van der Waals surface area contributed by atoms with Gasteiger partial charge >= 0.3 is 0 Å². The van der Waals surface area contributed by atoms with Gasteiger partial charge < -0.3 is 10.2 Å². The van der Waals surface area contributed by atoms with Crippen molar-refractivity contribution in [2.24, 2.45) is 0 Å². The summed E-state index contributed by atoms with van der Waals surface area (Å²) in [5, 5.41) is 3.54. The molecule has 5 heteroatoms. The van der Waals surface area contributed by atoms with E-state index in [1.165, 1.54) is 22.4 Å². The molecule has 0 unspecified atom stereocenters. The molecule has 3 aromatic carbocycles. The van der Waals surface area contributed by atoms with E-state index in [-0.39, 0.29) is 17.4 Å². The Morgan fingerprint density at radius 3 is 2.63 bits per heavy atom. The molecule has 38 heavy (non-hydrogen) atoms. The predicted molar refractivity (Wildman–Crippen MR) is 154 cm³/mol. The third-order valence-corrected chi connectivity index (χ3v) is 8.76. The maximum Gasteiger partial charge on any atom is 0.209 e. The lowest BCUT2D eigenvalue weighted by atomic mass is 9.78. The van der Waals surface area contributed by atoms with Gasteiger partial charge in [0.2, 0.25) is 5.95 Å². The average molecular weight is 503 g/mol. The van der Waals surface area contributed by atoms with Gasteiger partial charge in [0.05, 0.1) is 17.1 Å². The van der Waals surface area contributed by atoms with Crippen LogP contribution >= 0.6 is 0 Å². The number of aromatic nitrogens is 2. The molecule has 3 heterocycles. The fraction of sp³-hybridized carbons (Fsp3) is 0.333. The summed E-state index contributed by atoms with van der Waals surface area (Å²) in [7, 11) is 0. The van der Waals surface area contributed by atoms with Crippen molar-refractivity contribution in [1.82, 2.24) is 9.55 Å². The van der Waals surface area contributed by atoms with E-state index in [0.717, 1.165) is 54.1 Å². The number of para-hydroxylation sites is 2. The zero-order valence-electron chi connectivity index (χ0n) is 22.4. The third kappa shape index (κ3) is 3.59. The van der Waals surface area contributed by atoms with Crippen LogP contribution in [0.5, 0.6) is 0 Å². The summed E-state index contributed by atoms with van der Waals surface area (Å²) in [6.07, 6.45) is 3.47. The van der Waals surface area contributed by atoms with Crippen LogP contribution in [0.3, 0.4) is 0 Å². The normalized spacial score (nSPS) is 22.1. The molecule has 7 rings (SSSR count). The minimum Gasteiger partial charge on any atom is -0.362 e. The first kappa shape index (κ1) is 23.3. The van der Waals surface area contributed by atoms with Crippen LogP contribution in [0.15, 0.2) is 84.1 Å². The van der Waals surface area contributed by atoms with E-state index in [1.54, 1.807) is 0 Å². The van der Waals surface area contributed by atoms with Crippen molar-refractivity contribution in [2.45, 2.75) is 70.5 Å². The summed E-state index contributed by atoms with van der Waals surface area (Å²) in [6, 6.07) is 25.8. The summed E-state index contributed by atoms with van der Waals surface area (Å²) >= 11 is 0. The molecule has 2 aliphatic heterocycles. The second-order valence-electron chi connectivity index (χ2n) is 11.8. The lowest BCUT2D eigenvalue weighted by Crippen LogP contribution is -2.47. The molecule has 0 spiro atoms. The van der Waals surface area contributed by atoms with Crippen LogP contribution in [-0.2, 0) is 11.3 Å². The molecule has 0 fully saturated rings. The van der Waals surface area contributed by atoms with Crippen LogP contribution in [0.25, 0.3) is 11.0 Å². The van der Waals surface area contributed by atoms with Crippen LogP contribution in [0, 0.1) is 0 Å². The van der Waals surface area contributed by atoms with Crippen LogP contribution in [0.1, 0.15) is 75.1 Å². The largest absolute Gasteiger partial charge is 0.362 e. The van der Waals surface area contributed by atoms with E-state index in [0.29, 0.717) is 12.3 Å². The number of hydrogen-bond donors (Lipinski definition) is 1. The molecule has 0 saturated carbocycles. The van der Waals surface area contributed by atoms with Crippen molar-refractivity contribution in [3.63, 3.8) is 0 Å². The number of imidazole rings is 1. The second kappa shape index (κ2) is 8.59. The number of carbonyl (C=O) groups excluding carboxylic acids is 1. The molecule has 0 amide bonds. The van der Waals surface area contributed by atoms with Crippen molar-refractivity contribution >= 4 is 28.5 Å². The van der Waals surface area contributed by atoms with Crippen LogP contribution < -0.4 is 10.2 Å². The van der Waals surface area contributed by atoms with Gasteiger partial charge in [-0.2, -0.15) is 0 Å². The monoisotopic (exact) mass is 502 g/mol. The quantitative estimate of drug-likeness (QED) is 0.318. The molecule has 1 aliphatic carbocycles. The third-order valence-electron chi connectivity index (χ3n) is 8.76. The zero-order chi connectivity index (χ0) is 26.0. The van der Waals surface area contributed by atoms with Gasteiger partial charge in [-0.3, -0.25) is 9.36 Å². The Balaban J connectivity index is 1.39. The summed E-state index contributed by atoms with van der Waals surface area (Å²) in [5.74, 6) is 1.51. The fourth-order valence-corrected chi connectivity index (χ4v) is 7.03. The molecule has 1 aromatic heterocycles. The van der Waals surface area contributed by atoms with Crippen molar-refractivity contribution in [3.05, 3.63) is 101 Å². The van der Waals surface area contributed by atoms with E-state index >= 15 is 0 Å². The van der Waals surface area contributed by atoms with Gasteiger partial charge in [0.15, 0.2) is 5.78 Å². The molecule has 3 aliphatic rings. The van der Waals surface area contributed by atoms with Crippen LogP contribution in [-0.4, -0.2) is 20.9 Å². The average Bonchev–Trinajstić information content (AvgIpc) is 3.28. The number of rotatable bonds is 3. The first-order valence-corrected chi connectivity index (χ1v) is 13.9. The summed E-state index contributed by atoms with van der Waals surface area (Å²) in [6.45, 7) is 7.95. The topological polar surface area (TPSA) is 50.2 Å². The number of ketones is 1. The Morgan fingerprint density at radius 2 is 1.79 bits per heavy atom. The van der Waals surface area contributed by atoms with Gasteiger partial charge in [-0.15, -0.1) is 0 Å². The lowest BCUT2D eigenvalue weighted by Gasteiger charge is -2.48. The van der Waals surface area contributed by atoms with Crippen molar-refractivity contribution in [3.8, 4) is 0 Å². The van der Waals surface area contributed by atoms with E-state index < -0.39 is 0 Å². The number of nitrogens with one attached hydrogen (secondary N) is 1. The molecular weight excluding hydrogens is 468 g/mol. The number of nitrogens with zero attached hydrogens (tertiary/aromatic N) is 3. The molecule has 192 valence electrons. The molecule has 0 bridgehead atoms. The SMILES string of the molecule is C[C@@H]1CC(C)(C)N(Cc2ccccc2)c2ccc([C@@H]3C4=C(CCCC4=O)Nc4nc5ccccc5n43)cc21. The Morgan fingerprint density at radius 1 is 1.00 bits per heavy atom. The molecule has 0 saturated heterocycles. The highest BCUT2D eigenvalue weighted by Gasteiger charge is 2.39. The highest BCUT2D eigenvalue weighted by molar-refractivity contribution is 6.00. The number of anilines is 2. The van der Waals surface area contributed by atoms with E-state index in [4.69, 9.17) is 4.98 Å². The summed E-state index contributed by atoms with van der Waals surface area (Å²) < 4.78 is 2.25. The minimum absolute atomic E-state index is 0.0429. The first-order chi connectivity index (χ1) is 18.4. The Kier molecular flexibility index (Phi) is 5.26. The number of Topliss-reactive ketones (excluding diaryl/α,β-unsaturated/α-hetero) is 1. The maximum absolute atomic E-state index is 13.4. The lowest BCUT2D eigenvalue weighted by molar-refractivity contribution is -0.116. The maximum atomic E-state index is 13.4. The van der Waals surface area contributed by atoms with Gasteiger partial charge in [-0.1, -0.05) is 61.5 Å². The molecule has 1 N–H and O–H groups in total. The van der Waals surface area contributed by atoms with Gasteiger partial charge in [0.25, 0.3) is 0 Å². The number of benzene rings is 3. The Labute approximate surface area is 224 Å². The van der Waals surface area contributed by atoms with Gasteiger partial charge in [0, 0.05) is 35.5 Å². The first-order valence-electron chi connectivity index (χ1n) is 13.9. The fourth-order valence-electron chi connectivity index (χ4n) is 7.03. The molecular formula is C33H34N4O. The van der Waals surface area contributed by atoms with E-state index in [9.17, 15) is 4.79 Å².